The molecule has 1 heterocycles. The summed E-state index contributed by atoms with van der Waals surface area (Å²) >= 11 is 0. The van der Waals surface area contributed by atoms with Crippen molar-refractivity contribution < 1.29 is 13.2 Å². The Kier molecular flexibility index (Phi) is 7.66. The van der Waals surface area contributed by atoms with Gasteiger partial charge in [0.25, 0.3) is 0 Å². The highest BCUT2D eigenvalue weighted by atomic mass is 19.4. The van der Waals surface area contributed by atoms with E-state index in [0.29, 0.717) is 24.6 Å². The van der Waals surface area contributed by atoms with E-state index in [-0.39, 0.29) is 12.1 Å². The van der Waals surface area contributed by atoms with Gasteiger partial charge in [-0.15, -0.1) is 0 Å². The van der Waals surface area contributed by atoms with Crippen LogP contribution < -0.4 is 10.6 Å². The normalized spacial score (nSPS) is 14.7. The quantitative estimate of drug-likeness (QED) is 0.543. The van der Waals surface area contributed by atoms with E-state index in [9.17, 15) is 13.2 Å². The Hall–Kier alpha value is -2.55. The van der Waals surface area contributed by atoms with Gasteiger partial charge in [-0.1, -0.05) is 12.1 Å². The van der Waals surface area contributed by atoms with Crippen LogP contribution in [0.25, 0.3) is 0 Å². The zero-order chi connectivity index (χ0) is 21.6. The number of guanidine groups is 1. The topological polar surface area (TPSA) is 57.5 Å². The van der Waals surface area contributed by atoms with Gasteiger partial charge < -0.3 is 15.5 Å². The van der Waals surface area contributed by atoms with Crippen molar-refractivity contribution in [3.8, 4) is 0 Å². The number of nitrogens with zero attached hydrogens (tertiary/aromatic N) is 4. The lowest BCUT2D eigenvalue weighted by atomic mass is 10.1. The van der Waals surface area contributed by atoms with E-state index in [1.54, 1.807) is 10.7 Å². The molecule has 2 unspecified atom stereocenters. The van der Waals surface area contributed by atoms with Crippen LogP contribution in [0, 0.1) is 0 Å². The smallest absolute Gasteiger partial charge is 0.357 e. The van der Waals surface area contributed by atoms with Crippen LogP contribution in [0.5, 0.6) is 0 Å². The van der Waals surface area contributed by atoms with Crippen LogP contribution in [0.1, 0.15) is 42.6 Å². The molecular formula is C20H29F3N6. The first-order valence-corrected chi connectivity index (χ1v) is 9.48. The molecule has 6 nitrogen and oxygen atoms in total. The number of benzene rings is 1. The molecule has 1 aromatic heterocycles. The van der Waals surface area contributed by atoms with Crippen molar-refractivity contribution in [3.63, 3.8) is 0 Å². The van der Waals surface area contributed by atoms with Crippen LogP contribution in [-0.4, -0.2) is 47.8 Å². The summed E-state index contributed by atoms with van der Waals surface area (Å²) < 4.78 is 40.7. The number of nitrogens with one attached hydrogen (secondary N) is 2. The average Bonchev–Trinajstić information content (AvgIpc) is 3.07. The van der Waals surface area contributed by atoms with Crippen molar-refractivity contribution in [2.45, 2.75) is 32.1 Å². The number of aryl methyl sites for hydroxylation is 1. The van der Waals surface area contributed by atoms with E-state index < -0.39 is 11.7 Å². The molecule has 0 fully saturated rings. The minimum atomic E-state index is -4.36. The van der Waals surface area contributed by atoms with Crippen molar-refractivity contribution in [3.05, 3.63) is 53.3 Å². The fourth-order valence-corrected chi connectivity index (χ4v) is 2.95. The Morgan fingerprint density at radius 2 is 2.00 bits per heavy atom. The van der Waals surface area contributed by atoms with Gasteiger partial charge in [0.05, 0.1) is 30.4 Å². The number of halogens is 3. The molecule has 0 saturated carbocycles. The van der Waals surface area contributed by atoms with Crippen LogP contribution in [0.15, 0.2) is 41.7 Å². The number of aliphatic imine (C=N–C) groups is 1. The van der Waals surface area contributed by atoms with Crippen molar-refractivity contribution in [1.29, 1.82) is 0 Å². The van der Waals surface area contributed by atoms with Gasteiger partial charge in [-0.3, -0.25) is 9.67 Å². The van der Waals surface area contributed by atoms with Crippen LogP contribution in [0.2, 0.25) is 0 Å². The third kappa shape index (κ3) is 6.49. The van der Waals surface area contributed by atoms with Gasteiger partial charge in [0.2, 0.25) is 0 Å². The highest BCUT2D eigenvalue weighted by Gasteiger charge is 2.30. The minimum absolute atomic E-state index is 0.0306. The van der Waals surface area contributed by atoms with Gasteiger partial charge in [0, 0.05) is 25.4 Å². The zero-order valence-corrected chi connectivity index (χ0v) is 17.5. The molecule has 160 valence electrons. The first-order valence-electron chi connectivity index (χ1n) is 9.48. The molecule has 0 aliphatic rings. The average molecular weight is 410 g/mol. The van der Waals surface area contributed by atoms with Crippen LogP contribution in [0.4, 0.5) is 13.2 Å². The van der Waals surface area contributed by atoms with E-state index in [1.165, 1.54) is 12.1 Å². The SMILES string of the molecule is CCNC(=NCC(c1cnn(C)c1)N(C)C)NC(C)c1cccc(C(F)(F)F)c1. The van der Waals surface area contributed by atoms with Gasteiger partial charge >= 0.3 is 6.18 Å². The summed E-state index contributed by atoms with van der Waals surface area (Å²) in [5.74, 6) is 0.549. The highest BCUT2D eigenvalue weighted by Crippen LogP contribution is 2.30. The predicted octanol–water partition coefficient (Wildman–Crippen LogP) is 3.36. The summed E-state index contributed by atoms with van der Waals surface area (Å²) in [4.78, 5) is 6.71. The summed E-state index contributed by atoms with van der Waals surface area (Å²) in [5.41, 5.74) is 0.930. The third-order valence-corrected chi connectivity index (χ3v) is 4.57. The largest absolute Gasteiger partial charge is 0.416 e. The van der Waals surface area contributed by atoms with E-state index in [0.717, 1.165) is 11.6 Å². The van der Waals surface area contributed by atoms with E-state index >= 15 is 0 Å². The predicted molar refractivity (Wildman–Crippen MR) is 109 cm³/mol. The lowest BCUT2D eigenvalue weighted by Crippen LogP contribution is -2.39. The second-order valence-electron chi connectivity index (χ2n) is 7.14. The maximum Gasteiger partial charge on any atom is 0.416 e. The summed E-state index contributed by atoms with van der Waals surface area (Å²) in [6, 6.07) is 5.03. The zero-order valence-electron chi connectivity index (χ0n) is 17.5. The summed E-state index contributed by atoms with van der Waals surface area (Å²) in [5, 5.41) is 10.6. The maximum atomic E-state index is 13.0. The number of alkyl halides is 3. The Morgan fingerprint density at radius 1 is 1.28 bits per heavy atom. The lowest BCUT2D eigenvalue weighted by Gasteiger charge is -2.23. The maximum absolute atomic E-state index is 13.0. The van der Waals surface area contributed by atoms with Gasteiger partial charge in [-0.2, -0.15) is 18.3 Å². The number of aromatic nitrogens is 2. The molecule has 2 N–H and O–H groups in total. The molecule has 2 aromatic rings. The molecule has 0 amide bonds. The van der Waals surface area contributed by atoms with Gasteiger partial charge in [-0.25, -0.2) is 0 Å². The Morgan fingerprint density at radius 3 is 2.55 bits per heavy atom. The van der Waals surface area contributed by atoms with Crippen molar-refractivity contribution >= 4 is 5.96 Å². The van der Waals surface area contributed by atoms with Crippen molar-refractivity contribution in [1.82, 2.24) is 25.3 Å². The molecule has 1 aromatic carbocycles. The third-order valence-electron chi connectivity index (χ3n) is 4.57. The van der Waals surface area contributed by atoms with E-state index in [4.69, 9.17) is 0 Å². The molecule has 0 saturated heterocycles. The number of likely N-dealkylation sites (N-methyl/N-ethyl adjacent to an activating group) is 1. The Labute approximate surface area is 169 Å². The Bertz CT molecular complexity index is 813. The number of rotatable bonds is 7. The lowest BCUT2D eigenvalue weighted by molar-refractivity contribution is -0.137. The monoisotopic (exact) mass is 410 g/mol. The molecule has 0 spiro atoms. The number of hydrogen-bond donors (Lipinski definition) is 2. The molecule has 2 rings (SSSR count). The van der Waals surface area contributed by atoms with Gasteiger partial charge in [0.1, 0.15) is 0 Å². The van der Waals surface area contributed by atoms with Crippen molar-refractivity contribution in [2.75, 3.05) is 27.2 Å². The standard InChI is InChI=1S/C20H29F3N6/c1-6-24-19(25-12-18(28(3)4)16-11-26-29(5)13-16)27-14(2)15-8-7-9-17(10-15)20(21,22)23/h7-11,13-14,18H,6,12H2,1-5H3,(H2,24,25,27). The summed E-state index contributed by atoms with van der Waals surface area (Å²) in [7, 11) is 5.81. The summed E-state index contributed by atoms with van der Waals surface area (Å²) in [6.45, 7) is 4.87. The van der Waals surface area contributed by atoms with E-state index in [2.05, 4.69) is 25.6 Å². The first-order chi connectivity index (χ1) is 13.6. The second-order valence-corrected chi connectivity index (χ2v) is 7.14. The van der Waals surface area contributed by atoms with Gasteiger partial charge in [-0.05, 0) is 45.6 Å². The minimum Gasteiger partial charge on any atom is -0.357 e. The molecule has 0 aliphatic heterocycles. The Balaban J connectivity index is 2.16. The van der Waals surface area contributed by atoms with Gasteiger partial charge in [0.15, 0.2) is 5.96 Å². The molecule has 9 heteroatoms. The highest BCUT2D eigenvalue weighted by molar-refractivity contribution is 5.80. The molecular weight excluding hydrogens is 381 g/mol. The van der Waals surface area contributed by atoms with Crippen molar-refractivity contribution in [2.24, 2.45) is 12.0 Å². The molecule has 2 atom stereocenters. The summed E-state index contributed by atoms with van der Waals surface area (Å²) in [6.07, 6.45) is -0.603. The molecule has 0 aliphatic carbocycles. The van der Waals surface area contributed by atoms with Crippen LogP contribution in [0.3, 0.4) is 0 Å². The first kappa shape index (κ1) is 22.7. The molecule has 29 heavy (non-hydrogen) atoms. The fraction of sp³-hybridized carbons (Fsp3) is 0.500. The van der Waals surface area contributed by atoms with E-state index in [1.807, 2.05) is 47.4 Å². The molecule has 0 bridgehead atoms. The van der Waals surface area contributed by atoms with Crippen LogP contribution >= 0.6 is 0 Å². The number of hydrogen-bond acceptors (Lipinski definition) is 3. The second kappa shape index (κ2) is 9.78. The molecule has 0 radical (unpaired) electrons. The fourth-order valence-electron chi connectivity index (χ4n) is 2.95. The van der Waals surface area contributed by atoms with Crippen LogP contribution in [-0.2, 0) is 13.2 Å².